The van der Waals surface area contributed by atoms with Crippen LogP contribution in [0.15, 0.2) is 30.5 Å². The predicted octanol–water partition coefficient (Wildman–Crippen LogP) is 4.75. The van der Waals surface area contributed by atoms with Gasteiger partial charge in [-0.25, -0.2) is 8.78 Å². The number of methoxy groups -OCH3 is 1. The number of fused-ring (bicyclic) bond motifs is 2. The third kappa shape index (κ3) is 4.10. The first kappa shape index (κ1) is 23.2. The van der Waals surface area contributed by atoms with Crippen molar-refractivity contribution < 1.29 is 23.7 Å². The van der Waals surface area contributed by atoms with E-state index in [1.807, 2.05) is 11.8 Å². The first-order chi connectivity index (χ1) is 16.9. The normalized spacial score (nSPS) is 16.6. The number of aliphatic hydroxyl groups is 1. The van der Waals surface area contributed by atoms with Crippen LogP contribution in [0.5, 0.6) is 11.8 Å². The fraction of sp³-hybridized carbons (Fsp3) is 0.346. The highest BCUT2D eigenvalue weighted by molar-refractivity contribution is 6.01. The van der Waals surface area contributed by atoms with Crippen molar-refractivity contribution in [1.82, 2.24) is 15.0 Å². The Morgan fingerprint density at radius 2 is 2.00 bits per heavy atom. The summed E-state index contributed by atoms with van der Waals surface area (Å²) in [6.45, 7) is 2.82. The van der Waals surface area contributed by atoms with E-state index in [2.05, 4.69) is 15.0 Å². The van der Waals surface area contributed by atoms with E-state index in [-0.39, 0.29) is 28.5 Å². The molecule has 0 saturated carbocycles. The molecule has 1 aliphatic heterocycles. The molecule has 1 atom stereocenters. The third-order valence-electron chi connectivity index (χ3n) is 6.53. The Morgan fingerprint density at radius 1 is 1.17 bits per heavy atom. The zero-order valence-corrected chi connectivity index (χ0v) is 19.6. The standard InChI is InChI=1S/C26H26F2N4O3/c1-3-17-20(27)8-7-14-10-16(34)11-18(21(14)17)23-22(28)24-19(12-29-23)25(31-26(30-24)35-2)32-9-5-4-6-15(33)13-32/h7-8,10-12,15,33-34H,3-6,9,13H2,1-2H3. The molecule has 35 heavy (non-hydrogen) atoms. The van der Waals surface area contributed by atoms with Crippen LogP contribution in [0.2, 0.25) is 0 Å². The highest BCUT2D eigenvalue weighted by Gasteiger charge is 2.25. The number of aromatic nitrogens is 3. The largest absolute Gasteiger partial charge is 0.508 e. The molecule has 9 heteroatoms. The zero-order chi connectivity index (χ0) is 24.7. The predicted molar refractivity (Wildman–Crippen MR) is 130 cm³/mol. The van der Waals surface area contributed by atoms with Gasteiger partial charge in [-0.15, -0.1) is 0 Å². The van der Waals surface area contributed by atoms with Crippen LogP contribution in [-0.2, 0) is 6.42 Å². The molecule has 1 unspecified atom stereocenters. The number of phenols is 1. The molecule has 2 aromatic heterocycles. The number of nitrogens with zero attached hydrogens (tertiary/aromatic N) is 4. The third-order valence-corrected chi connectivity index (χ3v) is 6.53. The first-order valence-corrected chi connectivity index (χ1v) is 11.7. The van der Waals surface area contributed by atoms with Gasteiger partial charge >= 0.3 is 6.01 Å². The molecule has 1 saturated heterocycles. The van der Waals surface area contributed by atoms with Crippen molar-refractivity contribution in [3.8, 4) is 23.0 Å². The average Bonchev–Trinajstić information content (AvgIpc) is 3.07. The smallest absolute Gasteiger partial charge is 0.318 e. The van der Waals surface area contributed by atoms with E-state index in [0.717, 1.165) is 12.8 Å². The lowest BCUT2D eigenvalue weighted by Gasteiger charge is -2.25. The number of rotatable bonds is 4. The number of benzene rings is 2. The second-order valence-electron chi connectivity index (χ2n) is 8.78. The molecule has 2 aromatic carbocycles. The molecule has 1 fully saturated rings. The summed E-state index contributed by atoms with van der Waals surface area (Å²) in [5.74, 6) is -0.772. The Balaban J connectivity index is 1.77. The summed E-state index contributed by atoms with van der Waals surface area (Å²) >= 11 is 0. The molecular weight excluding hydrogens is 454 g/mol. The average molecular weight is 481 g/mol. The number of aliphatic hydroxyl groups excluding tert-OH is 1. The fourth-order valence-electron chi connectivity index (χ4n) is 4.89. The zero-order valence-electron chi connectivity index (χ0n) is 19.6. The molecule has 0 spiro atoms. The topological polar surface area (TPSA) is 91.6 Å². The van der Waals surface area contributed by atoms with Crippen molar-refractivity contribution in [1.29, 1.82) is 0 Å². The molecule has 0 radical (unpaired) electrons. The van der Waals surface area contributed by atoms with Crippen LogP contribution < -0.4 is 9.64 Å². The number of hydrogen-bond acceptors (Lipinski definition) is 7. The number of aryl methyl sites for hydroxylation is 1. The Hall–Kier alpha value is -3.59. The highest BCUT2D eigenvalue weighted by atomic mass is 19.1. The van der Waals surface area contributed by atoms with Gasteiger partial charge in [0.05, 0.1) is 18.6 Å². The lowest BCUT2D eigenvalue weighted by molar-refractivity contribution is 0.174. The Bertz CT molecular complexity index is 1430. The molecule has 0 bridgehead atoms. The lowest BCUT2D eigenvalue weighted by Crippen LogP contribution is -2.31. The van der Waals surface area contributed by atoms with Crippen LogP contribution in [0.3, 0.4) is 0 Å². The van der Waals surface area contributed by atoms with Crippen molar-refractivity contribution in [3.63, 3.8) is 0 Å². The van der Waals surface area contributed by atoms with Crippen LogP contribution >= 0.6 is 0 Å². The van der Waals surface area contributed by atoms with E-state index in [4.69, 9.17) is 4.74 Å². The minimum atomic E-state index is -0.724. The van der Waals surface area contributed by atoms with Crippen LogP contribution in [0.4, 0.5) is 14.6 Å². The number of ether oxygens (including phenoxy) is 1. The van der Waals surface area contributed by atoms with Gasteiger partial charge in [0.25, 0.3) is 0 Å². The van der Waals surface area contributed by atoms with E-state index in [1.165, 1.54) is 31.5 Å². The molecule has 3 heterocycles. The number of aromatic hydroxyl groups is 1. The summed E-state index contributed by atoms with van der Waals surface area (Å²) < 4.78 is 36.0. The molecule has 7 nitrogen and oxygen atoms in total. The summed E-state index contributed by atoms with van der Waals surface area (Å²) in [7, 11) is 1.40. The number of halogens is 2. The molecule has 0 amide bonds. The first-order valence-electron chi connectivity index (χ1n) is 11.7. The number of β-amino-alcohol motifs (C(OH)–C–C–N with tert-alkyl or cyclic N) is 1. The maximum atomic E-state index is 16.1. The summed E-state index contributed by atoms with van der Waals surface area (Å²) in [6, 6.07) is 5.80. The van der Waals surface area contributed by atoms with E-state index >= 15 is 4.39 Å². The van der Waals surface area contributed by atoms with Crippen molar-refractivity contribution in [2.24, 2.45) is 0 Å². The van der Waals surface area contributed by atoms with Crippen LogP contribution in [0.1, 0.15) is 31.7 Å². The molecule has 4 aromatic rings. The fourth-order valence-corrected chi connectivity index (χ4v) is 4.89. The Labute approximate surface area is 201 Å². The minimum Gasteiger partial charge on any atom is -0.508 e. The van der Waals surface area contributed by atoms with Gasteiger partial charge in [-0.3, -0.25) is 4.98 Å². The van der Waals surface area contributed by atoms with Gasteiger partial charge in [0.15, 0.2) is 5.82 Å². The van der Waals surface area contributed by atoms with Crippen molar-refractivity contribution in [2.45, 2.75) is 38.7 Å². The van der Waals surface area contributed by atoms with Gasteiger partial charge in [0.1, 0.15) is 28.6 Å². The molecule has 1 aliphatic rings. The number of pyridine rings is 1. The number of anilines is 1. The molecule has 0 aliphatic carbocycles. The Morgan fingerprint density at radius 3 is 2.77 bits per heavy atom. The van der Waals surface area contributed by atoms with E-state index in [1.54, 1.807) is 6.07 Å². The van der Waals surface area contributed by atoms with Crippen molar-refractivity contribution in [3.05, 3.63) is 47.7 Å². The summed E-state index contributed by atoms with van der Waals surface area (Å²) in [5, 5.41) is 22.1. The quantitative estimate of drug-likeness (QED) is 0.436. The van der Waals surface area contributed by atoms with Gasteiger partial charge in [0.2, 0.25) is 0 Å². The maximum Gasteiger partial charge on any atom is 0.318 e. The number of phenolic OH excluding ortho intramolecular Hbond substituents is 1. The lowest BCUT2D eigenvalue weighted by atomic mass is 9.94. The van der Waals surface area contributed by atoms with Gasteiger partial charge in [0, 0.05) is 24.8 Å². The van der Waals surface area contributed by atoms with E-state index in [9.17, 15) is 14.6 Å². The minimum absolute atomic E-state index is 0.00142. The summed E-state index contributed by atoms with van der Waals surface area (Å²) in [4.78, 5) is 15.0. The van der Waals surface area contributed by atoms with Gasteiger partial charge < -0.3 is 19.8 Å². The van der Waals surface area contributed by atoms with Crippen LogP contribution in [0.25, 0.3) is 32.9 Å². The van der Waals surface area contributed by atoms with E-state index in [0.29, 0.717) is 53.5 Å². The SMILES string of the molecule is CCc1c(F)ccc2cc(O)cc(-c3ncc4c(N5CCCCC(O)C5)nc(OC)nc4c3F)c12. The van der Waals surface area contributed by atoms with Crippen molar-refractivity contribution in [2.75, 3.05) is 25.1 Å². The van der Waals surface area contributed by atoms with Crippen LogP contribution in [0, 0.1) is 11.6 Å². The highest BCUT2D eigenvalue weighted by Crippen LogP contribution is 2.39. The monoisotopic (exact) mass is 480 g/mol. The van der Waals surface area contributed by atoms with Gasteiger partial charge in [-0.1, -0.05) is 13.0 Å². The maximum absolute atomic E-state index is 16.1. The second kappa shape index (κ2) is 9.22. The molecule has 182 valence electrons. The Kier molecular flexibility index (Phi) is 6.10. The van der Waals surface area contributed by atoms with Crippen LogP contribution in [-0.4, -0.2) is 51.5 Å². The number of hydrogen-bond donors (Lipinski definition) is 2. The second-order valence-corrected chi connectivity index (χ2v) is 8.78. The van der Waals surface area contributed by atoms with Gasteiger partial charge in [-0.05, 0) is 60.2 Å². The van der Waals surface area contributed by atoms with E-state index < -0.39 is 17.7 Å². The molecular formula is C26H26F2N4O3. The molecule has 2 N–H and O–H groups in total. The molecule has 5 rings (SSSR count). The summed E-state index contributed by atoms with van der Waals surface area (Å²) in [6.07, 6.45) is 3.78. The van der Waals surface area contributed by atoms with Crippen molar-refractivity contribution >= 4 is 27.5 Å². The van der Waals surface area contributed by atoms with Gasteiger partial charge in [-0.2, -0.15) is 9.97 Å². The summed E-state index contributed by atoms with van der Waals surface area (Å²) in [5.41, 5.74) is 0.640.